The van der Waals surface area contributed by atoms with E-state index < -0.39 is 14.5 Å². The van der Waals surface area contributed by atoms with Crippen LogP contribution in [0.2, 0.25) is 12.6 Å². The van der Waals surface area contributed by atoms with Gasteiger partial charge in [-0.3, -0.25) is 0 Å². The molecule has 0 aliphatic rings. The largest absolute Gasteiger partial charge is 0.463 e. The molecule has 0 saturated heterocycles. The van der Waals surface area contributed by atoms with Crippen LogP contribution in [-0.2, 0) is 28.5 Å². The Labute approximate surface area is 122 Å². The second kappa shape index (κ2) is 12.0. The summed E-state index contributed by atoms with van der Waals surface area (Å²) in [5.41, 5.74) is 0. The van der Waals surface area contributed by atoms with Crippen LogP contribution in [0.3, 0.4) is 0 Å². The van der Waals surface area contributed by atoms with Gasteiger partial charge in [0.1, 0.15) is 0 Å². The van der Waals surface area contributed by atoms with Crippen LogP contribution in [0.25, 0.3) is 0 Å². The molecule has 118 valence electrons. The highest BCUT2D eigenvalue weighted by Crippen LogP contribution is 2.17. The van der Waals surface area contributed by atoms with E-state index in [2.05, 4.69) is 6.58 Å². The van der Waals surface area contributed by atoms with Gasteiger partial charge in [-0.05, 0) is 31.9 Å². The lowest BCUT2D eigenvalue weighted by molar-refractivity contribution is -0.292. The van der Waals surface area contributed by atoms with Crippen LogP contribution in [0, 0.1) is 0 Å². The van der Waals surface area contributed by atoms with Gasteiger partial charge in [0.25, 0.3) is 0 Å². The van der Waals surface area contributed by atoms with E-state index in [9.17, 15) is 4.79 Å². The first-order chi connectivity index (χ1) is 9.58. The SMILES string of the molecule is C=CC(=O)OCCC[Si](C)(OOCCC)OOCCC. The highest BCUT2D eigenvalue weighted by Gasteiger charge is 2.35. The van der Waals surface area contributed by atoms with Crippen molar-refractivity contribution < 1.29 is 28.5 Å². The molecule has 0 aliphatic heterocycles. The van der Waals surface area contributed by atoms with E-state index in [1.165, 1.54) is 0 Å². The van der Waals surface area contributed by atoms with Crippen LogP contribution in [-0.4, -0.2) is 34.4 Å². The second-order valence-corrected chi connectivity index (χ2v) is 7.52. The van der Waals surface area contributed by atoms with Gasteiger partial charge in [-0.15, -0.1) is 0 Å². The fourth-order valence-electron chi connectivity index (χ4n) is 1.22. The van der Waals surface area contributed by atoms with Crippen molar-refractivity contribution in [2.75, 3.05) is 19.8 Å². The van der Waals surface area contributed by atoms with Crippen molar-refractivity contribution in [3.05, 3.63) is 12.7 Å². The van der Waals surface area contributed by atoms with Gasteiger partial charge in [0.2, 0.25) is 0 Å². The monoisotopic (exact) mass is 306 g/mol. The maximum Gasteiger partial charge on any atom is 0.406 e. The fraction of sp³-hybridized carbons (Fsp3) is 0.769. The van der Waals surface area contributed by atoms with Gasteiger partial charge in [0.05, 0.1) is 19.8 Å². The van der Waals surface area contributed by atoms with Crippen molar-refractivity contribution in [3.63, 3.8) is 0 Å². The zero-order chi connectivity index (χ0) is 15.3. The number of rotatable bonds is 13. The lowest BCUT2D eigenvalue weighted by Crippen LogP contribution is -2.39. The minimum absolute atomic E-state index is 0.293. The van der Waals surface area contributed by atoms with Crippen molar-refractivity contribution in [1.82, 2.24) is 0 Å². The third kappa shape index (κ3) is 10.1. The van der Waals surface area contributed by atoms with Gasteiger partial charge in [-0.2, -0.15) is 0 Å². The van der Waals surface area contributed by atoms with Crippen molar-refractivity contribution in [1.29, 1.82) is 0 Å². The normalized spacial score (nSPS) is 11.3. The minimum atomic E-state index is -2.57. The Hall–Kier alpha value is -0.733. The number of carbonyl (C=O) groups excluding carboxylic acids is 1. The number of carbonyl (C=O) groups is 1. The number of ether oxygens (including phenoxy) is 1. The lowest BCUT2D eigenvalue weighted by atomic mass is 10.5. The molecule has 0 unspecified atom stereocenters. The molecule has 0 atom stereocenters. The molecule has 0 aromatic carbocycles. The minimum Gasteiger partial charge on any atom is -0.463 e. The highest BCUT2D eigenvalue weighted by atomic mass is 28.4. The molecule has 0 N–H and O–H groups in total. The predicted molar refractivity (Wildman–Crippen MR) is 76.9 cm³/mol. The standard InChI is InChI=1S/C13H26O6Si/c1-5-9-16-18-20(4,19-17-10-6-2)12-8-11-15-13(14)7-3/h7H,3,5-6,8-12H2,1-2,4H3. The Balaban J connectivity index is 4.07. The summed E-state index contributed by atoms with van der Waals surface area (Å²) >= 11 is 0. The van der Waals surface area contributed by atoms with E-state index in [1.807, 2.05) is 20.4 Å². The molecule has 0 bridgehead atoms. The summed E-state index contributed by atoms with van der Waals surface area (Å²) in [5, 5.41) is 0. The third-order valence-electron chi connectivity index (χ3n) is 2.23. The maximum atomic E-state index is 10.9. The van der Waals surface area contributed by atoms with Gasteiger partial charge in [0, 0.05) is 6.08 Å². The molecule has 6 nitrogen and oxygen atoms in total. The average molecular weight is 306 g/mol. The van der Waals surface area contributed by atoms with Crippen molar-refractivity contribution in [2.45, 2.75) is 45.7 Å². The van der Waals surface area contributed by atoms with Gasteiger partial charge < -0.3 is 4.74 Å². The Kier molecular flexibility index (Phi) is 11.6. The smallest absolute Gasteiger partial charge is 0.406 e. The summed E-state index contributed by atoms with van der Waals surface area (Å²) in [6.07, 6.45) is 3.47. The van der Waals surface area contributed by atoms with E-state index in [-0.39, 0.29) is 0 Å². The van der Waals surface area contributed by atoms with E-state index in [0.717, 1.165) is 18.9 Å². The molecular formula is C13H26O6Si. The van der Waals surface area contributed by atoms with Crippen LogP contribution in [0.1, 0.15) is 33.1 Å². The summed E-state index contributed by atoms with van der Waals surface area (Å²) in [7, 11) is -2.57. The number of esters is 1. The molecule has 0 saturated carbocycles. The zero-order valence-electron chi connectivity index (χ0n) is 12.7. The lowest BCUT2D eigenvalue weighted by Gasteiger charge is -2.23. The first kappa shape index (κ1) is 19.3. The topological polar surface area (TPSA) is 63.2 Å². The Morgan fingerprint density at radius 1 is 1.10 bits per heavy atom. The zero-order valence-corrected chi connectivity index (χ0v) is 13.7. The quantitative estimate of drug-likeness (QED) is 0.130. The van der Waals surface area contributed by atoms with Crippen molar-refractivity contribution in [2.24, 2.45) is 0 Å². The van der Waals surface area contributed by atoms with Crippen LogP contribution in [0.4, 0.5) is 0 Å². The molecule has 0 aromatic rings. The van der Waals surface area contributed by atoms with Gasteiger partial charge in [0.15, 0.2) is 0 Å². The second-order valence-electron chi connectivity index (χ2n) is 4.42. The molecule has 20 heavy (non-hydrogen) atoms. The van der Waals surface area contributed by atoms with Gasteiger partial charge in [-0.1, -0.05) is 20.4 Å². The predicted octanol–water partition coefficient (Wildman–Crippen LogP) is 2.89. The maximum absolute atomic E-state index is 10.9. The van der Waals surface area contributed by atoms with Gasteiger partial charge >= 0.3 is 14.5 Å². The van der Waals surface area contributed by atoms with Crippen LogP contribution in [0.5, 0.6) is 0 Å². The fourth-order valence-corrected chi connectivity index (χ4v) is 2.87. The first-order valence-electron chi connectivity index (χ1n) is 6.98. The van der Waals surface area contributed by atoms with Crippen molar-refractivity contribution in [3.8, 4) is 0 Å². The van der Waals surface area contributed by atoms with Crippen LogP contribution >= 0.6 is 0 Å². The summed E-state index contributed by atoms with van der Waals surface area (Å²) in [6, 6.07) is 0.602. The summed E-state index contributed by atoms with van der Waals surface area (Å²) < 4.78 is 15.7. The van der Waals surface area contributed by atoms with E-state index >= 15 is 0 Å². The third-order valence-corrected chi connectivity index (χ3v) is 4.43. The number of hydrogen-bond donors (Lipinski definition) is 0. The molecule has 7 heteroatoms. The van der Waals surface area contributed by atoms with Crippen molar-refractivity contribution >= 4 is 14.5 Å². The summed E-state index contributed by atoms with van der Waals surface area (Å²) in [5.74, 6) is -0.431. The molecule has 0 heterocycles. The molecule has 0 fully saturated rings. The Morgan fingerprint density at radius 3 is 2.10 bits per heavy atom. The van der Waals surface area contributed by atoms with Crippen LogP contribution in [0.15, 0.2) is 12.7 Å². The van der Waals surface area contributed by atoms with Crippen LogP contribution < -0.4 is 0 Å². The number of hydrogen-bond acceptors (Lipinski definition) is 6. The molecule has 0 spiro atoms. The molecule has 0 rings (SSSR count). The van der Waals surface area contributed by atoms with Gasteiger partial charge in [-0.25, -0.2) is 23.7 Å². The Bertz CT molecular complexity index is 262. The first-order valence-corrected chi connectivity index (χ1v) is 9.50. The Morgan fingerprint density at radius 2 is 1.65 bits per heavy atom. The molecule has 0 amide bonds. The van der Waals surface area contributed by atoms with E-state index in [1.54, 1.807) is 0 Å². The average Bonchev–Trinajstić information content (AvgIpc) is 2.44. The molecule has 0 radical (unpaired) electrons. The summed E-state index contributed by atoms with van der Waals surface area (Å²) in [6.45, 7) is 10.5. The van der Waals surface area contributed by atoms with E-state index in [4.69, 9.17) is 23.7 Å². The molecule has 0 aromatic heterocycles. The molecule has 0 aliphatic carbocycles. The van der Waals surface area contributed by atoms with E-state index in [0.29, 0.717) is 32.3 Å². The summed E-state index contributed by atoms with van der Waals surface area (Å²) in [4.78, 5) is 21.1. The highest BCUT2D eigenvalue weighted by molar-refractivity contribution is 6.65. The molecular weight excluding hydrogens is 280 g/mol.